The van der Waals surface area contributed by atoms with Crippen molar-refractivity contribution >= 4 is 23.2 Å². The molecule has 0 spiro atoms. The fourth-order valence-corrected chi connectivity index (χ4v) is 2.07. The highest BCUT2D eigenvalue weighted by Crippen LogP contribution is 2.30. The van der Waals surface area contributed by atoms with E-state index in [-0.39, 0.29) is 17.2 Å². The normalized spacial score (nSPS) is 11.2. The molecular formula is C16H12F3N5O2. The predicted octanol–water partition coefficient (Wildman–Crippen LogP) is 3.79. The molecule has 26 heavy (non-hydrogen) atoms. The zero-order chi connectivity index (χ0) is 18.7. The van der Waals surface area contributed by atoms with Crippen molar-refractivity contribution in [2.45, 2.75) is 13.1 Å². The molecule has 3 rings (SSSR count). The lowest BCUT2D eigenvalue weighted by Crippen LogP contribution is -2.15. The maximum atomic E-state index is 12.7. The third kappa shape index (κ3) is 4.15. The van der Waals surface area contributed by atoms with Crippen LogP contribution >= 0.6 is 0 Å². The minimum absolute atomic E-state index is 0.00470. The molecule has 3 aromatic rings. The van der Waals surface area contributed by atoms with Crippen LogP contribution in [0.15, 0.2) is 47.2 Å². The Morgan fingerprint density at radius 3 is 2.62 bits per heavy atom. The molecule has 0 fully saturated rings. The molecule has 0 aliphatic heterocycles. The van der Waals surface area contributed by atoms with Crippen molar-refractivity contribution in [3.8, 4) is 0 Å². The molecule has 0 unspecified atom stereocenters. The third-order valence-corrected chi connectivity index (χ3v) is 3.23. The summed E-state index contributed by atoms with van der Waals surface area (Å²) in [5.41, 5.74) is -0.882. The molecule has 1 aromatic carbocycles. The number of rotatable bonds is 4. The van der Waals surface area contributed by atoms with Crippen LogP contribution in [0, 0.1) is 6.92 Å². The highest BCUT2D eigenvalue weighted by molar-refractivity contribution is 6.03. The molecule has 10 heteroatoms. The van der Waals surface area contributed by atoms with Crippen molar-refractivity contribution in [2.24, 2.45) is 0 Å². The summed E-state index contributed by atoms with van der Waals surface area (Å²) in [5.74, 6) is 0.586. The topological polar surface area (TPSA) is 92.9 Å². The fourth-order valence-electron chi connectivity index (χ4n) is 2.07. The molecule has 1 amide bonds. The van der Waals surface area contributed by atoms with Crippen LogP contribution in [-0.2, 0) is 6.18 Å². The molecule has 7 nitrogen and oxygen atoms in total. The van der Waals surface area contributed by atoms with E-state index >= 15 is 0 Å². The predicted molar refractivity (Wildman–Crippen MR) is 86.0 cm³/mol. The van der Waals surface area contributed by atoms with Gasteiger partial charge in [-0.15, -0.1) is 0 Å². The number of nitrogens with one attached hydrogen (secondary N) is 2. The molecule has 134 valence electrons. The van der Waals surface area contributed by atoms with Gasteiger partial charge in [-0.2, -0.15) is 13.2 Å². The van der Waals surface area contributed by atoms with E-state index in [2.05, 4.69) is 25.8 Å². The van der Waals surface area contributed by atoms with Gasteiger partial charge in [0.15, 0.2) is 5.82 Å². The molecule has 2 heterocycles. The molecular weight excluding hydrogens is 351 g/mol. The van der Waals surface area contributed by atoms with E-state index in [0.29, 0.717) is 11.6 Å². The number of carbonyl (C=O) groups excluding carboxylic acids is 1. The monoisotopic (exact) mass is 363 g/mol. The minimum atomic E-state index is -4.50. The lowest BCUT2D eigenvalue weighted by Gasteiger charge is -2.10. The van der Waals surface area contributed by atoms with Gasteiger partial charge in [-0.25, -0.2) is 9.97 Å². The summed E-state index contributed by atoms with van der Waals surface area (Å²) in [6.45, 7) is 1.71. The number of nitrogens with zero attached hydrogens (tertiary/aromatic N) is 3. The first-order chi connectivity index (χ1) is 12.3. The maximum absolute atomic E-state index is 12.7. The number of halogens is 3. The average Bonchev–Trinajstić information content (AvgIpc) is 2.99. The van der Waals surface area contributed by atoms with Crippen molar-refractivity contribution in [1.29, 1.82) is 0 Å². The maximum Gasteiger partial charge on any atom is 0.416 e. The molecule has 0 radical (unpaired) electrons. The van der Waals surface area contributed by atoms with E-state index in [9.17, 15) is 18.0 Å². The van der Waals surface area contributed by atoms with Crippen molar-refractivity contribution in [1.82, 2.24) is 15.1 Å². The van der Waals surface area contributed by atoms with Gasteiger partial charge in [-0.3, -0.25) is 4.79 Å². The quantitative estimate of drug-likeness (QED) is 0.733. The Morgan fingerprint density at radius 2 is 1.92 bits per heavy atom. The van der Waals surface area contributed by atoms with Crippen molar-refractivity contribution in [3.05, 3.63) is 59.7 Å². The van der Waals surface area contributed by atoms with Crippen LogP contribution in [0.25, 0.3) is 0 Å². The lowest BCUT2D eigenvalue weighted by molar-refractivity contribution is -0.137. The summed E-state index contributed by atoms with van der Waals surface area (Å²) in [5, 5.41) is 8.94. The van der Waals surface area contributed by atoms with Crippen molar-refractivity contribution in [2.75, 3.05) is 10.6 Å². The molecule has 0 atom stereocenters. The first-order valence-corrected chi connectivity index (χ1v) is 7.32. The second-order valence-corrected chi connectivity index (χ2v) is 5.27. The Bertz CT molecular complexity index is 939. The van der Waals surface area contributed by atoms with E-state index in [4.69, 9.17) is 4.52 Å². The lowest BCUT2D eigenvalue weighted by atomic mass is 10.2. The van der Waals surface area contributed by atoms with Gasteiger partial charge in [0.25, 0.3) is 5.91 Å². The van der Waals surface area contributed by atoms with Crippen LogP contribution in [0.5, 0.6) is 0 Å². The second-order valence-electron chi connectivity index (χ2n) is 5.27. The highest BCUT2D eigenvalue weighted by atomic mass is 19.4. The van der Waals surface area contributed by atoms with Crippen LogP contribution in [0.2, 0.25) is 0 Å². The van der Waals surface area contributed by atoms with Crippen LogP contribution in [0.1, 0.15) is 21.8 Å². The highest BCUT2D eigenvalue weighted by Gasteiger charge is 2.30. The summed E-state index contributed by atoms with van der Waals surface area (Å²) in [4.78, 5) is 20.0. The summed E-state index contributed by atoms with van der Waals surface area (Å²) >= 11 is 0. The van der Waals surface area contributed by atoms with E-state index in [1.807, 2.05) is 0 Å². The van der Waals surface area contributed by atoms with E-state index in [1.165, 1.54) is 18.2 Å². The Hall–Kier alpha value is -3.43. The Morgan fingerprint density at radius 1 is 1.12 bits per heavy atom. The number of hydrogen-bond donors (Lipinski definition) is 2. The van der Waals surface area contributed by atoms with Gasteiger partial charge in [0.2, 0.25) is 0 Å². The largest absolute Gasteiger partial charge is 0.416 e. The third-order valence-electron chi connectivity index (χ3n) is 3.23. The number of carbonyl (C=O) groups is 1. The Balaban J connectivity index is 1.75. The first kappa shape index (κ1) is 17.4. The smallest absolute Gasteiger partial charge is 0.360 e. The van der Waals surface area contributed by atoms with Gasteiger partial charge < -0.3 is 15.2 Å². The zero-order valence-corrected chi connectivity index (χ0v) is 13.3. The first-order valence-electron chi connectivity index (χ1n) is 7.32. The molecule has 0 aliphatic carbocycles. The van der Waals surface area contributed by atoms with Gasteiger partial charge >= 0.3 is 6.18 Å². The zero-order valence-electron chi connectivity index (χ0n) is 13.3. The summed E-state index contributed by atoms with van der Waals surface area (Å²) in [6.07, 6.45) is -3.35. The molecule has 0 saturated heterocycles. The number of aromatic nitrogens is 3. The second kappa shape index (κ2) is 6.82. The number of anilines is 3. The van der Waals surface area contributed by atoms with Crippen LogP contribution in [-0.4, -0.2) is 21.0 Å². The van der Waals surface area contributed by atoms with Gasteiger partial charge in [0.1, 0.15) is 23.6 Å². The molecule has 2 N–H and O–H groups in total. The van der Waals surface area contributed by atoms with Gasteiger partial charge in [0.05, 0.1) is 5.56 Å². The molecule has 0 aliphatic rings. The Kier molecular flexibility index (Phi) is 4.57. The van der Waals surface area contributed by atoms with Crippen LogP contribution in [0.3, 0.4) is 0 Å². The van der Waals surface area contributed by atoms with Crippen LogP contribution < -0.4 is 10.6 Å². The van der Waals surface area contributed by atoms with Crippen molar-refractivity contribution in [3.63, 3.8) is 0 Å². The summed E-state index contributed by atoms with van der Waals surface area (Å²) < 4.78 is 43.1. The van der Waals surface area contributed by atoms with E-state index < -0.39 is 17.6 Å². The SMILES string of the molecule is Cc1cc(Nc2cc(C(=O)Nc3cccc(C(F)(F)F)c3)ncn2)no1. The van der Waals surface area contributed by atoms with E-state index in [1.54, 1.807) is 13.0 Å². The fraction of sp³-hybridized carbons (Fsp3) is 0.125. The molecule has 0 bridgehead atoms. The number of hydrogen-bond acceptors (Lipinski definition) is 6. The van der Waals surface area contributed by atoms with Gasteiger partial charge in [-0.1, -0.05) is 11.2 Å². The number of benzene rings is 1. The van der Waals surface area contributed by atoms with Gasteiger partial charge in [-0.05, 0) is 25.1 Å². The average molecular weight is 363 g/mol. The molecule has 2 aromatic heterocycles. The Labute approximate surface area is 145 Å². The summed E-state index contributed by atoms with van der Waals surface area (Å²) in [6, 6.07) is 7.29. The van der Waals surface area contributed by atoms with E-state index in [0.717, 1.165) is 18.5 Å². The number of alkyl halides is 3. The van der Waals surface area contributed by atoms with Gasteiger partial charge in [0, 0.05) is 17.8 Å². The molecule has 0 saturated carbocycles. The minimum Gasteiger partial charge on any atom is -0.360 e. The summed E-state index contributed by atoms with van der Waals surface area (Å²) in [7, 11) is 0. The van der Waals surface area contributed by atoms with Crippen LogP contribution in [0.4, 0.5) is 30.5 Å². The number of amides is 1. The van der Waals surface area contributed by atoms with Crippen molar-refractivity contribution < 1.29 is 22.5 Å². The standard InChI is InChI=1S/C16H12F3N5O2/c1-9-5-14(24-26-9)23-13-7-12(20-8-21-13)15(25)22-11-4-2-3-10(6-11)16(17,18)19/h2-8H,1H3,(H,22,25)(H,20,21,23,24). The number of aryl methyl sites for hydroxylation is 1.